The van der Waals surface area contributed by atoms with Gasteiger partial charge in [-0.1, -0.05) is 30.3 Å². The molecule has 138 valence electrons. The first-order valence-electron chi connectivity index (χ1n) is 9.42. The van der Waals surface area contributed by atoms with Gasteiger partial charge < -0.3 is 9.47 Å². The van der Waals surface area contributed by atoms with Crippen LogP contribution in [0.5, 0.6) is 0 Å². The zero-order chi connectivity index (χ0) is 18.6. The molecule has 4 rings (SSSR count). The third-order valence-electron chi connectivity index (χ3n) is 5.08. The van der Waals surface area contributed by atoms with Crippen molar-refractivity contribution in [1.82, 2.24) is 19.3 Å². The quantitative estimate of drug-likeness (QED) is 0.694. The number of rotatable bonds is 5. The highest BCUT2D eigenvalue weighted by Gasteiger charge is 2.19. The molecule has 0 radical (unpaired) electrons. The maximum atomic E-state index is 5.70. The highest BCUT2D eigenvalue weighted by molar-refractivity contribution is 7.71. The summed E-state index contributed by atoms with van der Waals surface area (Å²) in [7, 11) is 0. The van der Waals surface area contributed by atoms with Gasteiger partial charge in [0.2, 0.25) is 4.77 Å². The highest BCUT2D eigenvalue weighted by Crippen LogP contribution is 2.19. The summed E-state index contributed by atoms with van der Waals surface area (Å²) < 4.78 is 4.86. The first kappa shape index (κ1) is 17.8. The van der Waals surface area contributed by atoms with Gasteiger partial charge in [-0.05, 0) is 48.5 Å². The second-order valence-electron chi connectivity index (χ2n) is 6.79. The SMILES string of the molecule is CCn1c(-c2ccncc2)nn(C[NH+]2CC=C(c3ccccc3)CC2)c1=S. The van der Waals surface area contributed by atoms with E-state index in [9.17, 15) is 0 Å². The number of hydrogen-bond acceptors (Lipinski definition) is 3. The lowest BCUT2D eigenvalue weighted by Crippen LogP contribution is -3.11. The number of hydrogen-bond donors (Lipinski definition) is 1. The van der Waals surface area contributed by atoms with Gasteiger partial charge in [-0.3, -0.25) is 4.98 Å². The van der Waals surface area contributed by atoms with Crippen LogP contribution in [0.1, 0.15) is 18.9 Å². The average Bonchev–Trinajstić information content (AvgIpc) is 3.05. The maximum Gasteiger partial charge on any atom is 0.203 e. The van der Waals surface area contributed by atoms with Gasteiger partial charge in [0.05, 0.1) is 13.1 Å². The molecule has 1 unspecified atom stereocenters. The summed E-state index contributed by atoms with van der Waals surface area (Å²) in [5.41, 5.74) is 3.83. The summed E-state index contributed by atoms with van der Waals surface area (Å²) in [6.45, 7) is 5.79. The minimum absolute atomic E-state index is 0.787. The number of nitrogens with one attached hydrogen (secondary N) is 1. The van der Waals surface area contributed by atoms with Crippen LogP contribution in [0, 0.1) is 4.77 Å². The first-order valence-corrected chi connectivity index (χ1v) is 9.83. The lowest BCUT2D eigenvalue weighted by Gasteiger charge is -2.23. The molecular weight excluding hydrogens is 354 g/mol. The first-order chi connectivity index (χ1) is 13.3. The molecule has 2 aromatic heterocycles. The van der Waals surface area contributed by atoms with Gasteiger partial charge in [0, 0.05) is 30.9 Å². The van der Waals surface area contributed by atoms with Gasteiger partial charge in [0.15, 0.2) is 12.5 Å². The van der Waals surface area contributed by atoms with Crippen LogP contribution in [0.25, 0.3) is 17.0 Å². The monoisotopic (exact) mass is 378 g/mol. The molecule has 1 N–H and O–H groups in total. The van der Waals surface area contributed by atoms with Crippen molar-refractivity contribution in [3.63, 3.8) is 0 Å². The van der Waals surface area contributed by atoms with Crippen molar-refractivity contribution in [2.45, 2.75) is 26.6 Å². The topological polar surface area (TPSA) is 40.1 Å². The van der Waals surface area contributed by atoms with Crippen molar-refractivity contribution in [2.24, 2.45) is 0 Å². The fourth-order valence-corrected chi connectivity index (χ4v) is 3.92. The Bertz CT molecular complexity index is 988. The van der Waals surface area contributed by atoms with Crippen molar-refractivity contribution in [1.29, 1.82) is 0 Å². The van der Waals surface area contributed by atoms with E-state index in [0.717, 1.165) is 48.9 Å². The number of pyridine rings is 1. The summed E-state index contributed by atoms with van der Waals surface area (Å²) >= 11 is 5.70. The fourth-order valence-electron chi connectivity index (χ4n) is 3.60. The minimum atomic E-state index is 0.787. The Labute approximate surface area is 164 Å². The van der Waals surface area contributed by atoms with Crippen LogP contribution >= 0.6 is 12.2 Å². The van der Waals surface area contributed by atoms with Gasteiger partial charge in [-0.2, -0.15) is 4.68 Å². The van der Waals surface area contributed by atoms with E-state index in [1.54, 1.807) is 12.4 Å². The van der Waals surface area contributed by atoms with E-state index >= 15 is 0 Å². The summed E-state index contributed by atoms with van der Waals surface area (Å²) in [5, 5.41) is 4.83. The van der Waals surface area contributed by atoms with E-state index < -0.39 is 0 Å². The van der Waals surface area contributed by atoms with Crippen LogP contribution in [0.15, 0.2) is 60.9 Å². The normalized spacial score (nSPS) is 16.9. The lowest BCUT2D eigenvalue weighted by atomic mass is 10.00. The van der Waals surface area contributed by atoms with E-state index in [1.807, 2.05) is 16.8 Å². The van der Waals surface area contributed by atoms with Gasteiger partial charge >= 0.3 is 0 Å². The third kappa shape index (κ3) is 3.77. The Morgan fingerprint density at radius 2 is 1.85 bits per heavy atom. The molecule has 0 aliphatic carbocycles. The van der Waals surface area contributed by atoms with Crippen LogP contribution in [0.2, 0.25) is 0 Å². The molecule has 3 aromatic rings. The number of benzene rings is 1. The zero-order valence-electron chi connectivity index (χ0n) is 15.5. The summed E-state index contributed by atoms with van der Waals surface area (Å²) in [5.74, 6) is 0.918. The molecule has 3 heterocycles. The van der Waals surface area contributed by atoms with Crippen molar-refractivity contribution in [3.8, 4) is 11.4 Å². The second-order valence-corrected chi connectivity index (χ2v) is 7.16. The Hall–Kier alpha value is -2.57. The lowest BCUT2D eigenvalue weighted by molar-refractivity contribution is -0.918. The molecule has 1 atom stereocenters. The van der Waals surface area contributed by atoms with E-state index in [0.29, 0.717) is 0 Å². The van der Waals surface area contributed by atoms with Crippen LogP contribution in [0.3, 0.4) is 0 Å². The molecule has 5 nitrogen and oxygen atoms in total. The minimum Gasteiger partial charge on any atom is -0.313 e. The molecule has 0 saturated heterocycles. The van der Waals surface area contributed by atoms with Gasteiger partial charge in [0.1, 0.15) is 0 Å². The Kier molecular flexibility index (Phi) is 5.27. The zero-order valence-corrected chi connectivity index (χ0v) is 16.3. The summed E-state index contributed by atoms with van der Waals surface area (Å²) in [6, 6.07) is 14.6. The smallest absolute Gasteiger partial charge is 0.203 e. The van der Waals surface area contributed by atoms with Crippen molar-refractivity contribution >= 4 is 17.8 Å². The van der Waals surface area contributed by atoms with Crippen molar-refractivity contribution in [3.05, 3.63) is 71.3 Å². The van der Waals surface area contributed by atoms with E-state index in [2.05, 4.69) is 52.9 Å². The van der Waals surface area contributed by atoms with Crippen LogP contribution in [-0.4, -0.2) is 32.4 Å². The molecule has 0 bridgehead atoms. The number of nitrogens with zero attached hydrogens (tertiary/aromatic N) is 4. The summed E-state index contributed by atoms with van der Waals surface area (Å²) in [4.78, 5) is 5.58. The van der Waals surface area contributed by atoms with Crippen molar-refractivity contribution < 1.29 is 4.90 Å². The van der Waals surface area contributed by atoms with E-state index in [1.165, 1.54) is 16.0 Å². The molecule has 0 amide bonds. The Morgan fingerprint density at radius 1 is 1.07 bits per heavy atom. The van der Waals surface area contributed by atoms with Gasteiger partial charge in [-0.15, -0.1) is 5.10 Å². The predicted molar refractivity (Wildman–Crippen MR) is 110 cm³/mol. The molecule has 1 aliphatic heterocycles. The van der Waals surface area contributed by atoms with Gasteiger partial charge in [0.25, 0.3) is 0 Å². The fraction of sp³-hybridized carbons (Fsp3) is 0.286. The predicted octanol–water partition coefficient (Wildman–Crippen LogP) is 2.83. The largest absolute Gasteiger partial charge is 0.313 e. The second kappa shape index (κ2) is 7.98. The Morgan fingerprint density at radius 3 is 2.52 bits per heavy atom. The highest BCUT2D eigenvalue weighted by atomic mass is 32.1. The number of aromatic nitrogens is 4. The van der Waals surface area contributed by atoms with Crippen molar-refractivity contribution in [2.75, 3.05) is 13.1 Å². The molecule has 0 spiro atoms. The molecular formula is C21H24N5S+. The molecule has 27 heavy (non-hydrogen) atoms. The van der Waals surface area contributed by atoms with Gasteiger partial charge in [-0.25, -0.2) is 0 Å². The maximum absolute atomic E-state index is 5.70. The summed E-state index contributed by atoms with van der Waals surface area (Å²) in [6.07, 6.45) is 7.03. The van der Waals surface area contributed by atoms with Crippen LogP contribution in [0.4, 0.5) is 0 Å². The van der Waals surface area contributed by atoms with Crippen LogP contribution in [-0.2, 0) is 13.2 Å². The van der Waals surface area contributed by atoms with Crippen LogP contribution < -0.4 is 4.90 Å². The molecule has 0 fully saturated rings. The molecule has 1 aliphatic rings. The van der Waals surface area contributed by atoms with E-state index in [4.69, 9.17) is 17.3 Å². The molecule has 1 aromatic carbocycles. The Balaban J connectivity index is 1.53. The number of quaternary nitrogens is 1. The average molecular weight is 379 g/mol. The molecule has 0 saturated carbocycles. The molecule has 6 heteroatoms. The van der Waals surface area contributed by atoms with E-state index in [-0.39, 0.29) is 0 Å². The third-order valence-corrected chi connectivity index (χ3v) is 5.51. The standard InChI is InChI=1S/C21H23N5S/c1-2-25-20(19-8-12-22-13-9-19)23-26(21(25)27)16-24-14-10-18(11-15-24)17-6-4-3-5-7-17/h3-10,12-13H,2,11,14-16H2,1H3/p+1.